The first kappa shape index (κ1) is 19.2. The Kier molecular flexibility index (Phi) is 5.90. The van der Waals surface area contributed by atoms with Crippen LogP contribution < -0.4 is 5.32 Å². The SMILES string of the molecule is CC(C)(C)OC(=O)N1CCCC(Nc2nnc(Cl)c3c2CCCCC3)C1. The predicted octanol–water partition coefficient (Wildman–Crippen LogP) is 4.21. The van der Waals surface area contributed by atoms with Gasteiger partial charge in [0.1, 0.15) is 5.60 Å². The zero-order chi connectivity index (χ0) is 18.7. The van der Waals surface area contributed by atoms with Crippen LogP contribution in [0.25, 0.3) is 0 Å². The summed E-state index contributed by atoms with van der Waals surface area (Å²) in [6.07, 6.45) is 7.15. The molecule has 1 aromatic rings. The molecule has 1 amide bonds. The molecule has 1 aromatic heterocycles. The van der Waals surface area contributed by atoms with Crippen LogP contribution in [0.3, 0.4) is 0 Å². The van der Waals surface area contributed by atoms with Crippen molar-refractivity contribution in [2.45, 2.75) is 77.4 Å². The number of aromatic nitrogens is 2. The third-order valence-corrected chi connectivity index (χ3v) is 5.21. The van der Waals surface area contributed by atoms with Crippen molar-refractivity contribution in [1.82, 2.24) is 15.1 Å². The van der Waals surface area contributed by atoms with Crippen LogP contribution in [-0.4, -0.2) is 45.9 Å². The van der Waals surface area contributed by atoms with Gasteiger partial charge in [0.2, 0.25) is 0 Å². The molecule has 0 radical (unpaired) electrons. The van der Waals surface area contributed by atoms with Gasteiger partial charge in [-0.2, -0.15) is 0 Å². The molecule has 144 valence electrons. The van der Waals surface area contributed by atoms with Crippen molar-refractivity contribution in [1.29, 1.82) is 0 Å². The lowest BCUT2D eigenvalue weighted by Crippen LogP contribution is -2.47. The van der Waals surface area contributed by atoms with E-state index in [9.17, 15) is 4.79 Å². The first-order chi connectivity index (χ1) is 12.3. The van der Waals surface area contributed by atoms with Crippen LogP contribution in [-0.2, 0) is 17.6 Å². The Morgan fingerprint density at radius 3 is 2.62 bits per heavy atom. The molecule has 0 bridgehead atoms. The highest BCUT2D eigenvalue weighted by molar-refractivity contribution is 6.30. The largest absolute Gasteiger partial charge is 0.444 e. The summed E-state index contributed by atoms with van der Waals surface area (Å²) in [6.45, 7) is 7.03. The Morgan fingerprint density at radius 2 is 1.88 bits per heavy atom. The zero-order valence-corrected chi connectivity index (χ0v) is 16.7. The van der Waals surface area contributed by atoms with Crippen LogP contribution in [0.2, 0.25) is 5.15 Å². The molecule has 3 rings (SSSR count). The number of amides is 1. The first-order valence-electron chi connectivity index (χ1n) is 9.62. The van der Waals surface area contributed by atoms with Gasteiger partial charge in [-0.05, 0) is 64.9 Å². The molecule has 1 fully saturated rings. The number of likely N-dealkylation sites (tertiary alicyclic amines) is 1. The van der Waals surface area contributed by atoms with Crippen molar-refractivity contribution in [2.75, 3.05) is 18.4 Å². The molecule has 6 nitrogen and oxygen atoms in total. The number of hydrogen-bond acceptors (Lipinski definition) is 5. The number of anilines is 1. The summed E-state index contributed by atoms with van der Waals surface area (Å²) >= 11 is 6.28. The average molecular weight is 381 g/mol. The van der Waals surface area contributed by atoms with Gasteiger partial charge in [-0.3, -0.25) is 0 Å². The van der Waals surface area contributed by atoms with Crippen molar-refractivity contribution in [3.05, 3.63) is 16.3 Å². The van der Waals surface area contributed by atoms with E-state index in [2.05, 4.69) is 15.5 Å². The van der Waals surface area contributed by atoms with Crippen LogP contribution in [0.5, 0.6) is 0 Å². The highest BCUT2D eigenvalue weighted by Gasteiger charge is 2.28. The van der Waals surface area contributed by atoms with Gasteiger partial charge in [0.15, 0.2) is 11.0 Å². The number of piperidine rings is 1. The smallest absolute Gasteiger partial charge is 0.410 e. The molecule has 0 spiro atoms. The van der Waals surface area contributed by atoms with E-state index in [0.717, 1.165) is 56.5 Å². The summed E-state index contributed by atoms with van der Waals surface area (Å²) in [5.74, 6) is 0.835. The van der Waals surface area contributed by atoms with E-state index in [1.165, 1.54) is 12.0 Å². The van der Waals surface area contributed by atoms with Crippen LogP contribution >= 0.6 is 11.6 Å². The second-order valence-electron chi connectivity index (χ2n) is 8.27. The number of ether oxygens (including phenoxy) is 1. The van der Waals surface area contributed by atoms with E-state index in [1.54, 1.807) is 4.90 Å². The van der Waals surface area contributed by atoms with Crippen molar-refractivity contribution in [2.24, 2.45) is 0 Å². The highest BCUT2D eigenvalue weighted by Crippen LogP contribution is 2.30. The summed E-state index contributed by atoms with van der Waals surface area (Å²) in [5, 5.41) is 12.5. The first-order valence-corrected chi connectivity index (χ1v) is 9.99. The maximum Gasteiger partial charge on any atom is 0.410 e. The van der Waals surface area contributed by atoms with E-state index < -0.39 is 5.60 Å². The number of halogens is 1. The van der Waals surface area contributed by atoms with Crippen molar-refractivity contribution < 1.29 is 9.53 Å². The molecule has 1 aliphatic heterocycles. The maximum atomic E-state index is 12.4. The minimum absolute atomic E-state index is 0.152. The standard InChI is InChI=1S/C19H29ClN4O2/c1-19(2,3)26-18(25)24-11-7-8-13(12-24)21-17-15-10-6-4-5-9-14(15)16(20)22-23-17/h13H,4-12H2,1-3H3,(H,21,23). The molecule has 7 heteroatoms. The molecule has 1 atom stereocenters. The van der Waals surface area contributed by atoms with Gasteiger partial charge < -0.3 is 15.0 Å². The minimum atomic E-state index is -0.476. The van der Waals surface area contributed by atoms with Gasteiger partial charge in [0.25, 0.3) is 0 Å². The van der Waals surface area contributed by atoms with Gasteiger partial charge in [-0.15, -0.1) is 10.2 Å². The molecule has 1 N–H and O–H groups in total. The monoisotopic (exact) mass is 380 g/mol. The average Bonchev–Trinajstić information content (AvgIpc) is 2.83. The topological polar surface area (TPSA) is 67.3 Å². The van der Waals surface area contributed by atoms with Crippen LogP contribution in [0, 0.1) is 0 Å². The summed E-state index contributed by atoms with van der Waals surface area (Å²) in [4.78, 5) is 14.2. The normalized spacial score (nSPS) is 20.9. The Labute approximate surface area is 160 Å². The minimum Gasteiger partial charge on any atom is -0.444 e. The molecule has 2 aliphatic rings. The zero-order valence-electron chi connectivity index (χ0n) is 16.0. The van der Waals surface area contributed by atoms with E-state index in [-0.39, 0.29) is 12.1 Å². The van der Waals surface area contributed by atoms with Crippen molar-refractivity contribution in [3.8, 4) is 0 Å². The molecule has 1 saturated heterocycles. The van der Waals surface area contributed by atoms with Gasteiger partial charge in [0.05, 0.1) is 0 Å². The van der Waals surface area contributed by atoms with Crippen LogP contribution in [0.4, 0.5) is 10.6 Å². The number of nitrogens with one attached hydrogen (secondary N) is 1. The van der Waals surface area contributed by atoms with E-state index in [4.69, 9.17) is 16.3 Å². The second-order valence-corrected chi connectivity index (χ2v) is 8.63. The molecular weight excluding hydrogens is 352 g/mol. The Hall–Kier alpha value is -1.56. The third kappa shape index (κ3) is 4.78. The van der Waals surface area contributed by atoms with E-state index >= 15 is 0 Å². The number of hydrogen-bond donors (Lipinski definition) is 1. The molecular formula is C19H29ClN4O2. The van der Waals surface area contributed by atoms with Crippen molar-refractivity contribution >= 4 is 23.5 Å². The quantitative estimate of drug-likeness (QED) is 0.778. The second kappa shape index (κ2) is 7.99. The fourth-order valence-corrected chi connectivity index (χ4v) is 3.93. The van der Waals surface area contributed by atoms with E-state index in [1.807, 2.05) is 20.8 Å². The molecule has 2 heterocycles. The number of carbonyl (C=O) groups is 1. The number of carbonyl (C=O) groups excluding carboxylic acids is 1. The predicted molar refractivity (Wildman–Crippen MR) is 103 cm³/mol. The summed E-state index contributed by atoms with van der Waals surface area (Å²) in [5.41, 5.74) is 1.87. The molecule has 0 saturated carbocycles. The molecule has 1 unspecified atom stereocenters. The number of rotatable bonds is 2. The lowest BCUT2D eigenvalue weighted by Gasteiger charge is -2.34. The van der Waals surface area contributed by atoms with Gasteiger partial charge in [0, 0.05) is 24.7 Å². The van der Waals surface area contributed by atoms with Crippen LogP contribution in [0.1, 0.15) is 64.0 Å². The van der Waals surface area contributed by atoms with Gasteiger partial charge in [-0.25, -0.2) is 4.79 Å². The number of fused-ring (bicyclic) bond motifs is 1. The summed E-state index contributed by atoms with van der Waals surface area (Å²) in [7, 11) is 0. The van der Waals surface area contributed by atoms with Crippen molar-refractivity contribution in [3.63, 3.8) is 0 Å². The Bertz CT molecular complexity index is 660. The summed E-state index contributed by atoms with van der Waals surface area (Å²) in [6, 6.07) is 0.152. The van der Waals surface area contributed by atoms with Crippen LogP contribution in [0.15, 0.2) is 0 Å². The Morgan fingerprint density at radius 1 is 1.15 bits per heavy atom. The lowest BCUT2D eigenvalue weighted by molar-refractivity contribution is 0.0206. The maximum absolute atomic E-state index is 12.4. The highest BCUT2D eigenvalue weighted by atomic mass is 35.5. The number of nitrogens with zero attached hydrogens (tertiary/aromatic N) is 3. The lowest BCUT2D eigenvalue weighted by atomic mass is 10.0. The fourth-order valence-electron chi connectivity index (χ4n) is 3.68. The Balaban J connectivity index is 1.70. The molecule has 0 aromatic carbocycles. The van der Waals surface area contributed by atoms with Gasteiger partial charge >= 0.3 is 6.09 Å². The molecule has 26 heavy (non-hydrogen) atoms. The van der Waals surface area contributed by atoms with Gasteiger partial charge in [-0.1, -0.05) is 18.0 Å². The van der Waals surface area contributed by atoms with E-state index in [0.29, 0.717) is 11.7 Å². The third-order valence-electron chi connectivity index (χ3n) is 4.90. The molecule has 1 aliphatic carbocycles. The fraction of sp³-hybridized carbons (Fsp3) is 0.737. The summed E-state index contributed by atoms with van der Waals surface area (Å²) < 4.78 is 5.51.